The molecule has 1 saturated heterocycles. The van der Waals surface area contributed by atoms with Gasteiger partial charge < -0.3 is 15.3 Å². The monoisotopic (exact) mass is 365 g/mol. The highest BCUT2D eigenvalue weighted by atomic mass is 16.4. The van der Waals surface area contributed by atoms with E-state index in [0.29, 0.717) is 12.5 Å². The van der Waals surface area contributed by atoms with E-state index in [9.17, 15) is 14.4 Å². The van der Waals surface area contributed by atoms with Crippen molar-refractivity contribution in [2.45, 2.75) is 30.8 Å². The number of nitrogens with one attached hydrogen (secondary N) is 1. The van der Waals surface area contributed by atoms with E-state index >= 15 is 0 Å². The lowest BCUT2D eigenvalue weighted by Crippen LogP contribution is -2.38. The van der Waals surface area contributed by atoms with Crippen molar-refractivity contribution >= 4 is 17.8 Å². The van der Waals surface area contributed by atoms with Crippen LogP contribution in [0, 0.1) is 0 Å². The number of carbonyl (C=O) groups is 3. The van der Waals surface area contributed by atoms with E-state index in [-0.39, 0.29) is 35.8 Å². The zero-order valence-corrected chi connectivity index (χ0v) is 14.5. The van der Waals surface area contributed by atoms with Crippen LogP contribution >= 0.6 is 0 Å². The quantitative estimate of drug-likeness (QED) is 0.840. The van der Waals surface area contributed by atoms with Crippen LogP contribution < -0.4 is 5.32 Å². The number of likely N-dealkylation sites (tertiary alicyclic amines) is 1. The van der Waals surface area contributed by atoms with E-state index < -0.39 is 11.9 Å². The predicted octanol–water partition coefficient (Wildman–Crippen LogP) is 1.67. The van der Waals surface area contributed by atoms with Gasteiger partial charge in [-0.1, -0.05) is 36.4 Å². The van der Waals surface area contributed by atoms with Gasteiger partial charge in [0.2, 0.25) is 5.91 Å². The number of pyridine rings is 1. The summed E-state index contributed by atoms with van der Waals surface area (Å²) in [6.45, 7) is 0.469. The van der Waals surface area contributed by atoms with Crippen LogP contribution in [0.2, 0.25) is 0 Å². The summed E-state index contributed by atoms with van der Waals surface area (Å²) in [6.07, 6.45) is 1.20. The lowest BCUT2D eigenvalue weighted by atomic mass is 10.1. The predicted molar refractivity (Wildman–Crippen MR) is 96.4 cm³/mol. The lowest BCUT2D eigenvalue weighted by Gasteiger charge is -2.17. The maximum Gasteiger partial charge on any atom is 0.354 e. The number of hydrogen-bond donors (Lipinski definition) is 2. The van der Waals surface area contributed by atoms with Gasteiger partial charge in [-0.05, 0) is 24.1 Å². The van der Waals surface area contributed by atoms with Crippen molar-refractivity contribution in [2.75, 3.05) is 6.54 Å². The van der Waals surface area contributed by atoms with Crippen molar-refractivity contribution in [3.8, 4) is 0 Å². The molecule has 4 rings (SSSR count). The Labute approximate surface area is 156 Å². The van der Waals surface area contributed by atoms with Gasteiger partial charge >= 0.3 is 5.97 Å². The fourth-order valence-electron chi connectivity index (χ4n) is 3.67. The van der Waals surface area contributed by atoms with E-state index in [0.717, 1.165) is 6.42 Å². The van der Waals surface area contributed by atoms with E-state index in [4.69, 9.17) is 5.11 Å². The Morgan fingerprint density at radius 2 is 1.81 bits per heavy atom. The van der Waals surface area contributed by atoms with Crippen LogP contribution in [0.25, 0.3) is 0 Å². The first-order chi connectivity index (χ1) is 13.0. The van der Waals surface area contributed by atoms with Gasteiger partial charge in [0, 0.05) is 24.9 Å². The van der Waals surface area contributed by atoms with Crippen LogP contribution in [-0.2, 0) is 4.79 Å². The van der Waals surface area contributed by atoms with Crippen LogP contribution in [0.5, 0.6) is 0 Å². The van der Waals surface area contributed by atoms with Gasteiger partial charge in [0.25, 0.3) is 5.91 Å². The molecule has 7 heteroatoms. The minimum absolute atomic E-state index is 0.0365. The summed E-state index contributed by atoms with van der Waals surface area (Å²) in [5, 5.41) is 11.8. The summed E-state index contributed by atoms with van der Waals surface area (Å²) in [5.74, 6) is -1.25. The fraction of sp³-hybridized carbons (Fsp3) is 0.300. The van der Waals surface area contributed by atoms with Crippen LogP contribution in [0.15, 0.2) is 48.5 Å². The summed E-state index contributed by atoms with van der Waals surface area (Å²) >= 11 is 0. The minimum atomic E-state index is -1.19. The summed E-state index contributed by atoms with van der Waals surface area (Å²) in [5.41, 5.74) is 1.09. The molecule has 2 aromatic rings. The van der Waals surface area contributed by atoms with Crippen LogP contribution in [0.3, 0.4) is 0 Å². The first kappa shape index (κ1) is 17.2. The fourth-order valence-corrected chi connectivity index (χ4v) is 3.67. The van der Waals surface area contributed by atoms with Crippen molar-refractivity contribution in [3.63, 3.8) is 0 Å². The zero-order chi connectivity index (χ0) is 19.0. The summed E-state index contributed by atoms with van der Waals surface area (Å²) in [6, 6.07) is 14.3. The van der Waals surface area contributed by atoms with Crippen molar-refractivity contribution < 1.29 is 19.5 Å². The number of rotatable bonds is 5. The molecule has 1 aromatic heterocycles. The molecule has 0 spiro atoms. The maximum atomic E-state index is 12.4. The largest absolute Gasteiger partial charge is 0.477 e. The number of amides is 2. The second kappa shape index (κ2) is 6.83. The number of benzene rings is 1. The number of carboxylic acids is 1. The molecule has 2 fully saturated rings. The summed E-state index contributed by atoms with van der Waals surface area (Å²) in [7, 11) is 0. The molecule has 3 unspecified atom stereocenters. The van der Waals surface area contributed by atoms with Gasteiger partial charge in [0.15, 0.2) is 0 Å². The molecule has 2 amide bonds. The van der Waals surface area contributed by atoms with Crippen molar-refractivity contribution in [3.05, 3.63) is 65.5 Å². The highest BCUT2D eigenvalue weighted by molar-refractivity contribution is 5.95. The van der Waals surface area contributed by atoms with Gasteiger partial charge in [0.05, 0.1) is 6.04 Å². The topological polar surface area (TPSA) is 99.6 Å². The third kappa shape index (κ3) is 3.53. The van der Waals surface area contributed by atoms with Crippen molar-refractivity contribution in [2.24, 2.45) is 0 Å². The van der Waals surface area contributed by atoms with E-state index in [2.05, 4.69) is 22.4 Å². The molecule has 1 aliphatic carbocycles. The molecule has 0 radical (unpaired) electrons. The molecule has 1 aliphatic heterocycles. The van der Waals surface area contributed by atoms with Gasteiger partial charge in [-0.3, -0.25) is 9.59 Å². The van der Waals surface area contributed by atoms with E-state index in [1.165, 1.54) is 23.8 Å². The average molecular weight is 365 g/mol. The minimum Gasteiger partial charge on any atom is -0.477 e. The molecule has 1 saturated carbocycles. The van der Waals surface area contributed by atoms with Crippen LogP contribution in [-0.4, -0.2) is 51.4 Å². The summed E-state index contributed by atoms with van der Waals surface area (Å²) < 4.78 is 0. The SMILES string of the molecule is O=C(O)c1cccc(C(=O)NC2CC(=O)N(C3CC3c3ccccc3)C2)n1. The highest BCUT2D eigenvalue weighted by Crippen LogP contribution is 2.45. The number of carbonyl (C=O) groups excluding carboxylic acids is 2. The zero-order valence-electron chi connectivity index (χ0n) is 14.5. The third-order valence-electron chi connectivity index (χ3n) is 5.08. The van der Waals surface area contributed by atoms with E-state index in [1.54, 1.807) is 0 Å². The standard InChI is InChI=1S/C20H19N3O4/c24-18-9-13(21-19(25)15-7-4-8-16(22-15)20(26)27)11-23(18)17-10-14(17)12-5-2-1-3-6-12/h1-8,13-14,17H,9-11H2,(H,21,25)(H,26,27). The number of hydrogen-bond acceptors (Lipinski definition) is 4. The van der Waals surface area contributed by atoms with Crippen molar-refractivity contribution in [1.82, 2.24) is 15.2 Å². The highest BCUT2D eigenvalue weighted by Gasteiger charge is 2.48. The second-order valence-corrected chi connectivity index (χ2v) is 6.95. The van der Waals surface area contributed by atoms with Gasteiger partial charge in [-0.25, -0.2) is 9.78 Å². The Morgan fingerprint density at radius 1 is 1.07 bits per heavy atom. The van der Waals surface area contributed by atoms with Gasteiger partial charge in [-0.2, -0.15) is 0 Å². The molecule has 138 valence electrons. The number of aromatic carboxylic acids is 1. The Balaban J connectivity index is 1.38. The molecule has 2 heterocycles. The Hall–Kier alpha value is -3.22. The Kier molecular flexibility index (Phi) is 4.35. The normalized spacial score (nSPS) is 23.9. The molecule has 0 bridgehead atoms. The summed E-state index contributed by atoms with van der Waals surface area (Å²) in [4.78, 5) is 41.4. The molecular weight excluding hydrogens is 346 g/mol. The average Bonchev–Trinajstić information content (AvgIpc) is 3.39. The number of aromatic nitrogens is 1. The Morgan fingerprint density at radius 3 is 2.56 bits per heavy atom. The molecular formula is C20H19N3O4. The number of nitrogens with zero attached hydrogens (tertiary/aromatic N) is 2. The molecule has 2 N–H and O–H groups in total. The smallest absolute Gasteiger partial charge is 0.354 e. The first-order valence-corrected chi connectivity index (χ1v) is 8.88. The van der Waals surface area contributed by atoms with Gasteiger partial charge in [0.1, 0.15) is 11.4 Å². The maximum absolute atomic E-state index is 12.4. The van der Waals surface area contributed by atoms with Crippen LogP contribution in [0.4, 0.5) is 0 Å². The second-order valence-electron chi connectivity index (χ2n) is 6.95. The third-order valence-corrected chi connectivity index (χ3v) is 5.08. The Bertz CT molecular complexity index is 899. The lowest BCUT2D eigenvalue weighted by molar-refractivity contribution is -0.128. The molecule has 1 aromatic carbocycles. The van der Waals surface area contributed by atoms with Crippen LogP contribution in [0.1, 0.15) is 45.3 Å². The first-order valence-electron chi connectivity index (χ1n) is 8.88. The van der Waals surface area contributed by atoms with Crippen molar-refractivity contribution in [1.29, 1.82) is 0 Å². The molecule has 2 aliphatic rings. The molecule has 27 heavy (non-hydrogen) atoms. The number of carboxylic acid groups (broad SMARTS) is 1. The molecule has 7 nitrogen and oxygen atoms in total. The van der Waals surface area contributed by atoms with E-state index in [1.807, 2.05) is 23.1 Å². The molecule has 3 atom stereocenters. The van der Waals surface area contributed by atoms with Gasteiger partial charge in [-0.15, -0.1) is 0 Å².